The summed E-state index contributed by atoms with van der Waals surface area (Å²) in [6.45, 7) is 2.87. The molecule has 1 aromatic heterocycles. The Kier molecular flexibility index (Phi) is 5.58. The van der Waals surface area contributed by atoms with Gasteiger partial charge in [-0.05, 0) is 24.3 Å². The van der Waals surface area contributed by atoms with Crippen LogP contribution in [0.15, 0.2) is 70.4 Å². The van der Waals surface area contributed by atoms with E-state index in [1.165, 1.54) is 36.4 Å². The molecule has 1 heterocycles. The van der Waals surface area contributed by atoms with Crippen LogP contribution >= 0.6 is 0 Å². The number of alkyl halides is 3. The van der Waals surface area contributed by atoms with Gasteiger partial charge in [0.05, 0.1) is 5.56 Å². The Bertz CT molecular complexity index is 1120. The smallest absolute Gasteiger partial charge is 0.457 e. The van der Waals surface area contributed by atoms with Gasteiger partial charge in [0.25, 0.3) is 0 Å². The van der Waals surface area contributed by atoms with Gasteiger partial charge >= 0.3 is 18.0 Å². The first-order valence-electron chi connectivity index (χ1n) is 8.12. The minimum atomic E-state index is -4.91. The van der Waals surface area contributed by atoms with Crippen molar-refractivity contribution in [3.05, 3.63) is 71.6 Å². The summed E-state index contributed by atoms with van der Waals surface area (Å²) in [5, 5.41) is 0.442. The van der Waals surface area contributed by atoms with Crippen LogP contribution < -0.4 is 15.1 Å². The highest BCUT2D eigenvalue weighted by molar-refractivity contribution is 5.84. The van der Waals surface area contributed by atoms with Gasteiger partial charge in [-0.3, -0.25) is 0 Å². The maximum absolute atomic E-state index is 12.6. The van der Waals surface area contributed by atoms with E-state index in [1.54, 1.807) is 6.07 Å². The van der Waals surface area contributed by atoms with Crippen molar-refractivity contribution in [3.63, 3.8) is 0 Å². The van der Waals surface area contributed by atoms with Crippen molar-refractivity contribution in [3.8, 4) is 22.6 Å². The lowest BCUT2D eigenvalue weighted by molar-refractivity contribution is -0.274. The average Bonchev–Trinajstić information content (AvgIpc) is 2.66. The molecule has 0 aliphatic rings. The molecule has 29 heavy (non-hydrogen) atoms. The van der Waals surface area contributed by atoms with Crippen LogP contribution in [0.5, 0.6) is 11.5 Å². The zero-order valence-corrected chi connectivity index (χ0v) is 14.7. The number of carbonyl (C=O) groups excluding carboxylic acids is 1. The van der Waals surface area contributed by atoms with E-state index in [-0.39, 0.29) is 29.3 Å². The number of esters is 1. The highest BCUT2D eigenvalue weighted by Crippen LogP contribution is 2.33. The number of hydrogen-bond acceptors (Lipinski definition) is 6. The fourth-order valence-corrected chi connectivity index (χ4v) is 2.49. The van der Waals surface area contributed by atoms with Gasteiger partial charge in [0.15, 0.2) is 0 Å². The molecule has 0 fully saturated rings. The third kappa shape index (κ3) is 4.95. The Morgan fingerprint density at radius 3 is 2.59 bits per heavy atom. The van der Waals surface area contributed by atoms with Crippen molar-refractivity contribution in [1.82, 2.24) is 0 Å². The third-order valence-corrected chi connectivity index (χ3v) is 3.70. The molecule has 9 heteroatoms. The van der Waals surface area contributed by atoms with Gasteiger partial charge in [0.2, 0.25) is 6.79 Å². The van der Waals surface area contributed by atoms with Gasteiger partial charge in [0.1, 0.15) is 17.1 Å². The minimum absolute atomic E-state index is 0.0582. The molecule has 6 nitrogen and oxygen atoms in total. The van der Waals surface area contributed by atoms with Crippen LogP contribution in [0.3, 0.4) is 0 Å². The van der Waals surface area contributed by atoms with Crippen molar-refractivity contribution < 1.29 is 36.6 Å². The molecule has 3 rings (SSSR count). The number of carbonyl (C=O) groups is 1. The molecule has 0 unspecified atom stereocenters. The van der Waals surface area contributed by atoms with E-state index in [0.29, 0.717) is 5.39 Å². The Labute approximate surface area is 161 Å². The zero-order valence-electron chi connectivity index (χ0n) is 14.7. The quantitative estimate of drug-likeness (QED) is 0.261. The van der Waals surface area contributed by atoms with E-state index < -0.39 is 23.7 Å². The molecular weight excluding hydrogens is 393 g/mol. The number of benzene rings is 2. The van der Waals surface area contributed by atoms with Gasteiger partial charge in [-0.25, -0.2) is 9.59 Å². The number of hydrogen-bond donors (Lipinski definition) is 0. The van der Waals surface area contributed by atoms with Crippen molar-refractivity contribution in [1.29, 1.82) is 0 Å². The first-order valence-corrected chi connectivity index (χ1v) is 8.12. The lowest BCUT2D eigenvalue weighted by Crippen LogP contribution is -2.18. The van der Waals surface area contributed by atoms with Crippen LogP contribution in [-0.4, -0.2) is 19.1 Å². The van der Waals surface area contributed by atoms with Crippen LogP contribution in [0.2, 0.25) is 0 Å². The summed E-state index contributed by atoms with van der Waals surface area (Å²) in [5.41, 5.74) is -0.866. The van der Waals surface area contributed by atoms with Crippen molar-refractivity contribution >= 4 is 16.9 Å². The molecule has 0 amide bonds. The predicted molar refractivity (Wildman–Crippen MR) is 96.4 cm³/mol. The summed E-state index contributed by atoms with van der Waals surface area (Å²) >= 11 is 0. The largest absolute Gasteiger partial charge is 0.573 e. The van der Waals surface area contributed by atoms with Crippen LogP contribution in [0.4, 0.5) is 13.2 Å². The highest BCUT2D eigenvalue weighted by Gasteiger charge is 2.32. The van der Waals surface area contributed by atoms with Crippen molar-refractivity contribution in [2.45, 2.75) is 6.36 Å². The van der Waals surface area contributed by atoms with Crippen LogP contribution in [-0.2, 0) is 9.53 Å². The fourth-order valence-electron chi connectivity index (χ4n) is 2.49. The molecule has 150 valence electrons. The summed E-state index contributed by atoms with van der Waals surface area (Å²) in [4.78, 5) is 23.4. The zero-order chi connectivity index (χ0) is 21.0. The molecule has 3 aromatic rings. The number of fused-ring (bicyclic) bond motifs is 1. The molecule has 0 saturated heterocycles. The number of rotatable bonds is 6. The Morgan fingerprint density at radius 1 is 1.10 bits per heavy atom. The molecule has 0 radical (unpaired) electrons. The molecule has 0 atom stereocenters. The monoisotopic (exact) mass is 406 g/mol. The lowest BCUT2D eigenvalue weighted by atomic mass is 10.0. The van der Waals surface area contributed by atoms with E-state index in [1.807, 2.05) is 0 Å². The second kappa shape index (κ2) is 8.09. The molecule has 0 saturated carbocycles. The van der Waals surface area contributed by atoms with E-state index in [0.717, 1.165) is 12.1 Å². The normalized spacial score (nSPS) is 11.1. The van der Waals surface area contributed by atoms with E-state index in [2.05, 4.69) is 16.1 Å². The Balaban J connectivity index is 1.93. The van der Waals surface area contributed by atoms with Gasteiger partial charge < -0.3 is 18.6 Å². The number of halogens is 3. The standard InChI is InChI=1S/C20H13F3O6/c1-2-18(24)27-11-26-13-8-7-12-9-15(19(25)28-17(12)10-13)14-5-3-4-6-16(14)29-20(21,22)23/h2-10H,1,11H2. The first kappa shape index (κ1) is 20.0. The minimum Gasteiger partial charge on any atom is -0.457 e. The second-order valence-corrected chi connectivity index (χ2v) is 5.62. The number of para-hydroxylation sites is 1. The Hall–Kier alpha value is -3.75. The Morgan fingerprint density at radius 2 is 1.86 bits per heavy atom. The topological polar surface area (TPSA) is 75.0 Å². The fraction of sp³-hybridized carbons (Fsp3) is 0.100. The summed E-state index contributed by atoms with van der Waals surface area (Å²) in [6, 6.07) is 11.1. The molecule has 0 bridgehead atoms. The van der Waals surface area contributed by atoms with Crippen LogP contribution in [0.1, 0.15) is 0 Å². The molecule has 0 spiro atoms. The molecule has 0 N–H and O–H groups in total. The van der Waals surface area contributed by atoms with Gasteiger partial charge in [-0.15, -0.1) is 13.2 Å². The summed E-state index contributed by atoms with van der Waals surface area (Å²) in [6.07, 6.45) is -3.93. The van der Waals surface area contributed by atoms with Gasteiger partial charge in [-0.1, -0.05) is 24.8 Å². The SMILES string of the molecule is C=CC(=O)OCOc1ccc2cc(-c3ccccc3OC(F)(F)F)c(=O)oc2c1. The third-order valence-electron chi connectivity index (χ3n) is 3.70. The van der Waals surface area contributed by atoms with E-state index in [9.17, 15) is 22.8 Å². The van der Waals surface area contributed by atoms with Crippen molar-refractivity contribution in [2.24, 2.45) is 0 Å². The molecule has 0 aliphatic carbocycles. The van der Waals surface area contributed by atoms with Gasteiger partial charge in [0, 0.05) is 23.1 Å². The van der Waals surface area contributed by atoms with Crippen molar-refractivity contribution in [2.75, 3.05) is 6.79 Å². The van der Waals surface area contributed by atoms with Crippen LogP contribution in [0.25, 0.3) is 22.1 Å². The molecule has 2 aromatic carbocycles. The first-order chi connectivity index (χ1) is 13.8. The maximum atomic E-state index is 12.6. The second-order valence-electron chi connectivity index (χ2n) is 5.62. The van der Waals surface area contributed by atoms with Crippen LogP contribution in [0, 0.1) is 0 Å². The summed E-state index contributed by atoms with van der Waals surface area (Å²) < 4.78 is 57.0. The van der Waals surface area contributed by atoms with Gasteiger partial charge in [-0.2, -0.15) is 0 Å². The predicted octanol–water partition coefficient (Wildman–Crippen LogP) is 4.42. The lowest BCUT2D eigenvalue weighted by Gasteiger charge is -2.13. The number of ether oxygens (including phenoxy) is 3. The summed E-state index contributed by atoms with van der Waals surface area (Å²) in [7, 11) is 0. The highest BCUT2D eigenvalue weighted by atomic mass is 19.4. The van der Waals surface area contributed by atoms with E-state index in [4.69, 9.17) is 9.15 Å². The maximum Gasteiger partial charge on any atom is 0.573 e. The van der Waals surface area contributed by atoms with E-state index >= 15 is 0 Å². The summed E-state index contributed by atoms with van der Waals surface area (Å²) in [5.74, 6) is -0.927. The average molecular weight is 406 g/mol. The molecular formula is C20H13F3O6. The molecule has 0 aliphatic heterocycles.